The number of aromatic nitrogens is 1. The van der Waals surface area contributed by atoms with Crippen LogP contribution in [0.5, 0.6) is 0 Å². The van der Waals surface area contributed by atoms with Gasteiger partial charge in [-0.25, -0.2) is 4.98 Å². The molecule has 1 atom stereocenters. The van der Waals surface area contributed by atoms with Gasteiger partial charge in [-0.3, -0.25) is 9.59 Å². The van der Waals surface area contributed by atoms with Crippen molar-refractivity contribution in [3.05, 3.63) is 45.7 Å². The van der Waals surface area contributed by atoms with Crippen molar-refractivity contribution in [3.63, 3.8) is 0 Å². The number of aryl methyl sites for hydroxylation is 1. The highest BCUT2D eigenvalue weighted by molar-refractivity contribution is 7.07. The molecular weight excluding hydrogens is 324 g/mol. The molecule has 0 aliphatic carbocycles. The number of ether oxygens (including phenoxy) is 1. The monoisotopic (exact) mass is 338 g/mol. The largest absolute Gasteiger partial charge is 0.453 e. The number of anilines is 1. The molecule has 0 saturated heterocycles. The van der Waals surface area contributed by atoms with Crippen LogP contribution in [0, 0.1) is 0 Å². The molecule has 0 spiro atoms. The molecule has 22 heavy (non-hydrogen) atoms. The summed E-state index contributed by atoms with van der Waals surface area (Å²) in [5.41, 5.74) is 1.09. The Balaban J connectivity index is 1.77. The average molecular weight is 339 g/mol. The first-order chi connectivity index (χ1) is 10.5. The van der Waals surface area contributed by atoms with Crippen molar-refractivity contribution < 1.29 is 14.3 Å². The van der Waals surface area contributed by atoms with Gasteiger partial charge in [-0.05, 0) is 47.9 Å². The van der Waals surface area contributed by atoms with Crippen LogP contribution in [0.25, 0.3) is 0 Å². The van der Waals surface area contributed by atoms with Crippen molar-refractivity contribution in [1.29, 1.82) is 0 Å². The van der Waals surface area contributed by atoms with Gasteiger partial charge in [0, 0.05) is 12.6 Å². The van der Waals surface area contributed by atoms with Gasteiger partial charge in [-0.1, -0.05) is 11.6 Å². The van der Waals surface area contributed by atoms with Crippen molar-refractivity contribution >= 4 is 40.6 Å². The van der Waals surface area contributed by atoms with E-state index in [1.165, 1.54) is 13.1 Å². The number of hydrogen-bond donors (Lipinski definition) is 1. The van der Waals surface area contributed by atoms with Crippen molar-refractivity contribution in [1.82, 2.24) is 4.98 Å². The van der Waals surface area contributed by atoms with Crippen LogP contribution in [0.1, 0.15) is 18.9 Å². The van der Waals surface area contributed by atoms with E-state index >= 15 is 0 Å². The minimum absolute atomic E-state index is 0.244. The van der Waals surface area contributed by atoms with Crippen molar-refractivity contribution in [2.45, 2.75) is 25.9 Å². The molecule has 0 unspecified atom stereocenters. The summed E-state index contributed by atoms with van der Waals surface area (Å²) in [6.45, 7) is 1.52. The lowest BCUT2D eigenvalue weighted by Crippen LogP contribution is -2.30. The number of nitrogens with one attached hydrogen (secondary N) is 1. The molecule has 0 radical (unpaired) electrons. The Labute approximate surface area is 137 Å². The van der Waals surface area contributed by atoms with E-state index in [1.54, 1.807) is 23.5 Å². The highest BCUT2D eigenvalue weighted by Crippen LogP contribution is 2.11. The first-order valence-electron chi connectivity index (χ1n) is 6.67. The molecule has 116 valence electrons. The maximum atomic E-state index is 11.9. The molecule has 0 saturated carbocycles. The molecule has 1 amide bonds. The summed E-state index contributed by atoms with van der Waals surface area (Å²) in [4.78, 5) is 27.6. The van der Waals surface area contributed by atoms with E-state index < -0.39 is 18.0 Å². The molecule has 2 heterocycles. The highest BCUT2D eigenvalue weighted by atomic mass is 35.5. The lowest BCUT2D eigenvalue weighted by Gasteiger charge is -2.13. The number of thiophene rings is 1. The number of pyridine rings is 1. The topological polar surface area (TPSA) is 68.3 Å². The fourth-order valence-corrected chi connectivity index (χ4v) is 2.48. The van der Waals surface area contributed by atoms with E-state index in [9.17, 15) is 9.59 Å². The molecule has 0 aromatic carbocycles. The first-order valence-corrected chi connectivity index (χ1v) is 7.99. The second-order valence-corrected chi connectivity index (χ2v) is 5.83. The summed E-state index contributed by atoms with van der Waals surface area (Å²) in [6.07, 6.45) is 1.39. The van der Waals surface area contributed by atoms with Crippen LogP contribution in [0.4, 0.5) is 5.82 Å². The van der Waals surface area contributed by atoms with E-state index in [2.05, 4.69) is 10.3 Å². The van der Waals surface area contributed by atoms with Crippen molar-refractivity contribution in [2.24, 2.45) is 0 Å². The van der Waals surface area contributed by atoms with Crippen molar-refractivity contribution in [3.8, 4) is 0 Å². The summed E-state index contributed by atoms with van der Waals surface area (Å²) in [5.74, 6) is -0.479. The quantitative estimate of drug-likeness (QED) is 0.820. The Hall–Kier alpha value is -1.92. The van der Waals surface area contributed by atoms with Gasteiger partial charge in [0.2, 0.25) is 0 Å². The van der Waals surface area contributed by atoms with Crippen LogP contribution in [0.15, 0.2) is 35.2 Å². The number of nitrogens with zero attached hydrogens (tertiary/aromatic N) is 1. The number of halogens is 1. The normalized spacial score (nSPS) is 11.7. The van der Waals surface area contributed by atoms with Gasteiger partial charge in [-0.15, -0.1) is 0 Å². The fraction of sp³-hybridized carbons (Fsp3) is 0.267. The van der Waals surface area contributed by atoms with Gasteiger partial charge < -0.3 is 10.1 Å². The molecule has 1 N–H and O–H groups in total. The van der Waals surface area contributed by atoms with E-state index in [4.69, 9.17) is 16.3 Å². The predicted octanol–water partition coefficient (Wildman–Crippen LogP) is 3.30. The van der Waals surface area contributed by atoms with E-state index in [-0.39, 0.29) is 6.42 Å². The zero-order valence-corrected chi connectivity index (χ0v) is 13.5. The summed E-state index contributed by atoms with van der Waals surface area (Å²) in [5, 5.41) is 6.97. The van der Waals surface area contributed by atoms with E-state index in [1.807, 2.05) is 16.8 Å². The van der Waals surface area contributed by atoms with E-state index in [0.717, 1.165) is 5.56 Å². The molecule has 0 bridgehead atoms. The Kier molecular flexibility index (Phi) is 5.91. The molecule has 0 fully saturated rings. The molecule has 7 heteroatoms. The SMILES string of the molecule is C[C@@H](OC(=O)CCc1ccsc1)C(=O)Nc1ccc(Cl)cn1. The Morgan fingerprint density at radius 3 is 2.86 bits per heavy atom. The van der Waals surface area contributed by atoms with Gasteiger partial charge in [0.1, 0.15) is 5.82 Å². The van der Waals surface area contributed by atoms with Crippen LogP contribution < -0.4 is 5.32 Å². The first kappa shape index (κ1) is 16.5. The number of hydrogen-bond acceptors (Lipinski definition) is 5. The minimum Gasteiger partial charge on any atom is -0.453 e. The summed E-state index contributed by atoms with van der Waals surface area (Å²) in [7, 11) is 0. The minimum atomic E-state index is -0.882. The molecule has 2 aromatic heterocycles. The second-order valence-electron chi connectivity index (χ2n) is 4.61. The maximum absolute atomic E-state index is 11.9. The Morgan fingerprint density at radius 2 is 2.23 bits per heavy atom. The molecular formula is C15H15ClN2O3S. The molecule has 2 rings (SSSR count). The van der Waals surface area contributed by atoms with Crippen molar-refractivity contribution in [2.75, 3.05) is 5.32 Å². The van der Waals surface area contributed by atoms with Crippen LogP contribution >= 0.6 is 22.9 Å². The smallest absolute Gasteiger partial charge is 0.306 e. The zero-order valence-electron chi connectivity index (χ0n) is 11.9. The molecule has 5 nitrogen and oxygen atoms in total. The predicted molar refractivity (Wildman–Crippen MR) is 86.1 cm³/mol. The molecule has 0 aliphatic heterocycles. The number of rotatable bonds is 6. The second kappa shape index (κ2) is 7.91. The average Bonchev–Trinajstić information content (AvgIpc) is 3.01. The lowest BCUT2D eigenvalue weighted by molar-refractivity contribution is -0.153. The molecule has 0 aliphatic rings. The van der Waals surface area contributed by atoms with E-state index in [0.29, 0.717) is 17.3 Å². The summed E-state index contributed by atoms with van der Waals surface area (Å²) < 4.78 is 5.10. The zero-order chi connectivity index (χ0) is 15.9. The van der Waals surface area contributed by atoms with Gasteiger partial charge in [0.25, 0.3) is 5.91 Å². The third kappa shape index (κ3) is 5.13. The third-order valence-corrected chi connectivity index (χ3v) is 3.81. The van der Waals surface area contributed by atoms with Crippen LogP contribution in [0.3, 0.4) is 0 Å². The standard InChI is InChI=1S/C15H15ClN2O3S/c1-10(15(20)18-13-4-3-12(16)8-17-13)21-14(19)5-2-11-6-7-22-9-11/h3-4,6-10H,2,5H2,1H3,(H,17,18,20)/t10-/m1/s1. The van der Waals surface area contributed by atoms with Gasteiger partial charge >= 0.3 is 5.97 Å². The third-order valence-electron chi connectivity index (χ3n) is 2.85. The Morgan fingerprint density at radius 1 is 1.41 bits per heavy atom. The molecule has 2 aromatic rings. The van der Waals surface area contributed by atoms with Crippen LogP contribution in [-0.4, -0.2) is 23.0 Å². The number of carbonyl (C=O) groups excluding carboxylic acids is 2. The van der Waals surface area contributed by atoms with Crippen LogP contribution in [-0.2, 0) is 20.7 Å². The number of amides is 1. The maximum Gasteiger partial charge on any atom is 0.306 e. The van der Waals surface area contributed by atoms with Crippen LogP contribution in [0.2, 0.25) is 5.02 Å². The Bertz CT molecular complexity index is 629. The number of carbonyl (C=O) groups is 2. The van der Waals surface area contributed by atoms with Gasteiger partial charge in [-0.2, -0.15) is 11.3 Å². The lowest BCUT2D eigenvalue weighted by atomic mass is 10.2. The highest BCUT2D eigenvalue weighted by Gasteiger charge is 2.18. The summed E-state index contributed by atoms with van der Waals surface area (Å²) >= 11 is 7.29. The summed E-state index contributed by atoms with van der Waals surface area (Å²) in [6, 6.07) is 5.15. The van der Waals surface area contributed by atoms with Gasteiger partial charge in [0.05, 0.1) is 5.02 Å². The number of esters is 1. The van der Waals surface area contributed by atoms with Gasteiger partial charge in [0.15, 0.2) is 6.10 Å². The fourth-order valence-electron chi connectivity index (χ4n) is 1.67.